The number of para-hydroxylation sites is 2. The first kappa shape index (κ1) is 29.7. The smallest absolute Gasteiger partial charge is 0.220 e. The Labute approximate surface area is 278 Å². The Hall–Kier alpha value is -4.73. The molecular weight excluding hydrogens is 585 g/mol. The zero-order chi connectivity index (χ0) is 32.8. The van der Waals surface area contributed by atoms with Crippen LogP contribution in [-0.2, 0) is 12.5 Å². The van der Waals surface area contributed by atoms with E-state index in [0.29, 0.717) is 0 Å². The van der Waals surface area contributed by atoms with Crippen LogP contribution in [0.1, 0.15) is 31.9 Å². The lowest BCUT2D eigenvalue weighted by atomic mass is 9.80. The zero-order valence-electron chi connectivity index (χ0n) is 28.9. The summed E-state index contributed by atoms with van der Waals surface area (Å²) in [5.74, 6) is 0. The molecule has 2 heterocycles. The van der Waals surface area contributed by atoms with Crippen molar-refractivity contribution in [3.05, 3.63) is 127 Å². The number of benzene rings is 6. The third-order valence-electron chi connectivity index (χ3n) is 10.3. The molecule has 0 unspecified atom stereocenters. The summed E-state index contributed by atoms with van der Waals surface area (Å²) in [6.45, 7) is 16.7. The van der Waals surface area contributed by atoms with Crippen LogP contribution < -0.4 is 9.75 Å². The lowest BCUT2D eigenvalue weighted by Gasteiger charge is -2.26. The van der Waals surface area contributed by atoms with E-state index in [2.05, 4.69) is 179 Å². The molecule has 8 rings (SSSR count). The van der Waals surface area contributed by atoms with Gasteiger partial charge in [0.2, 0.25) is 5.69 Å². The van der Waals surface area contributed by atoms with Gasteiger partial charge in [0.05, 0.1) is 30.1 Å². The number of hydrogen-bond donors (Lipinski definition) is 0. The molecule has 6 aromatic carbocycles. The Morgan fingerprint density at radius 2 is 1.23 bits per heavy atom. The van der Waals surface area contributed by atoms with Crippen molar-refractivity contribution in [3.8, 4) is 16.9 Å². The Balaban J connectivity index is 1.36. The van der Waals surface area contributed by atoms with Gasteiger partial charge in [-0.2, -0.15) is 0 Å². The summed E-state index contributed by atoms with van der Waals surface area (Å²) in [4.78, 5) is 0. The molecule has 0 bridgehead atoms. The van der Waals surface area contributed by atoms with Crippen LogP contribution in [0.4, 0.5) is 0 Å². The van der Waals surface area contributed by atoms with E-state index in [-0.39, 0.29) is 5.41 Å². The maximum Gasteiger partial charge on any atom is 0.220 e. The molecule has 0 aliphatic rings. The molecule has 0 aliphatic heterocycles. The molecule has 2 nitrogen and oxygen atoms in total. The van der Waals surface area contributed by atoms with Gasteiger partial charge in [-0.1, -0.05) is 112 Å². The molecule has 0 fully saturated rings. The summed E-state index contributed by atoms with van der Waals surface area (Å²) in [6, 6.07) is 41.2. The Morgan fingerprint density at radius 3 is 1.89 bits per heavy atom. The van der Waals surface area contributed by atoms with Gasteiger partial charge < -0.3 is 4.57 Å². The van der Waals surface area contributed by atoms with Gasteiger partial charge in [0.15, 0.2) is 6.20 Å². The molecule has 0 saturated heterocycles. The predicted octanol–water partition coefficient (Wildman–Crippen LogP) is 10.9. The van der Waals surface area contributed by atoms with Crippen molar-refractivity contribution in [2.24, 2.45) is 7.05 Å². The van der Waals surface area contributed by atoms with E-state index in [9.17, 15) is 0 Å². The summed E-state index contributed by atoms with van der Waals surface area (Å²) >= 11 is 0. The van der Waals surface area contributed by atoms with Crippen LogP contribution in [0.3, 0.4) is 0 Å². The third kappa shape index (κ3) is 4.63. The number of nitrogens with zero attached hydrogens (tertiary/aromatic N) is 2. The average Bonchev–Trinajstić information content (AvgIpc) is 3.38. The molecule has 8 aromatic rings. The molecule has 0 radical (unpaired) electrons. The molecule has 2 aromatic heterocycles. The predicted molar refractivity (Wildman–Crippen MR) is 206 cm³/mol. The van der Waals surface area contributed by atoms with Crippen LogP contribution in [0.15, 0.2) is 115 Å². The zero-order valence-corrected chi connectivity index (χ0v) is 29.9. The highest BCUT2D eigenvalue weighted by Crippen LogP contribution is 2.40. The highest BCUT2D eigenvalue weighted by Gasteiger charge is 2.26. The molecule has 0 amide bonds. The number of hydrogen-bond acceptors (Lipinski definition) is 0. The van der Waals surface area contributed by atoms with Crippen LogP contribution in [0.5, 0.6) is 0 Å². The van der Waals surface area contributed by atoms with Gasteiger partial charge in [0.25, 0.3) is 0 Å². The van der Waals surface area contributed by atoms with Gasteiger partial charge >= 0.3 is 0 Å². The summed E-state index contributed by atoms with van der Waals surface area (Å²) < 4.78 is 4.72. The molecular formula is C44H43N2Si+. The first-order valence-corrected chi connectivity index (χ1v) is 20.3. The number of fused-ring (bicyclic) bond motifs is 7. The van der Waals surface area contributed by atoms with Gasteiger partial charge in [-0.3, -0.25) is 0 Å². The third-order valence-corrected chi connectivity index (χ3v) is 12.3. The van der Waals surface area contributed by atoms with E-state index < -0.39 is 8.07 Å². The van der Waals surface area contributed by atoms with Crippen molar-refractivity contribution in [2.45, 2.75) is 52.8 Å². The first-order valence-electron chi connectivity index (χ1n) is 16.8. The Bertz CT molecular complexity index is 2500. The van der Waals surface area contributed by atoms with Crippen LogP contribution >= 0.6 is 0 Å². The van der Waals surface area contributed by atoms with Crippen LogP contribution in [0, 0.1) is 6.92 Å². The molecule has 0 atom stereocenters. The molecule has 0 N–H and O–H groups in total. The normalized spacial score (nSPS) is 12.7. The number of rotatable bonds is 3. The lowest BCUT2D eigenvalue weighted by molar-refractivity contribution is -0.659. The molecule has 232 valence electrons. The second-order valence-electron chi connectivity index (χ2n) is 15.4. The maximum absolute atomic E-state index is 2.50. The number of aromatic nitrogens is 2. The van der Waals surface area contributed by atoms with Crippen molar-refractivity contribution >= 4 is 67.4 Å². The maximum atomic E-state index is 2.50. The van der Waals surface area contributed by atoms with E-state index >= 15 is 0 Å². The fourth-order valence-electron chi connectivity index (χ4n) is 7.76. The minimum atomic E-state index is -1.45. The Kier molecular flexibility index (Phi) is 6.55. The lowest BCUT2D eigenvalue weighted by Crippen LogP contribution is -2.37. The number of aryl methyl sites for hydroxylation is 2. The van der Waals surface area contributed by atoms with Crippen molar-refractivity contribution in [1.82, 2.24) is 4.57 Å². The monoisotopic (exact) mass is 627 g/mol. The van der Waals surface area contributed by atoms with Gasteiger partial charge in [-0.25, -0.2) is 4.57 Å². The largest absolute Gasteiger partial charge is 0.309 e. The highest BCUT2D eigenvalue weighted by molar-refractivity contribution is 6.88. The van der Waals surface area contributed by atoms with Crippen molar-refractivity contribution in [1.29, 1.82) is 0 Å². The highest BCUT2D eigenvalue weighted by atomic mass is 28.3. The SMILES string of the molecule is Cc1c(-c2c3ccc4cc(-n5c6ccccc6c6ccccc65)ccc4c3cc[n+]2C)cc(C(C)(C)C)c2cc([Si](C)(C)C)ccc12. The molecule has 47 heavy (non-hydrogen) atoms. The van der Waals surface area contributed by atoms with E-state index in [1.54, 1.807) is 0 Å². The summed E-state index contributed by atoms with van der Waals surface area (Å²) in [7, 11) is 0.740. The molecule has 0 aliphatic carbocycles. The van der Waals surface area contributed by atoms with Gasteiger partial charge in [-0.15, -0.1) is 0 Å². The minimum Gasteiger partial charge on any atom is -0.309 e. The van der Waals surface area contributed by atoms with Crippen LogP contribution in [0.2, 0.25) is 19.6 Å². The summed E-state index contributed by atoms with van der Waals surface area (Å²) in [6.07, 6.45) is 2.24. The van der Waals surface area contributed by atoms with Crippen molar-refractivity contribution in [2.75, 3.05) is 0 Å². The van der Waals surface area contributed by atoms with E-state index in [0.717, 1.165) is 0 Å². The fraction of sp³-hybridized carbons (Fsp3) is 0.205. The van der Waals surface area contributed by atoms with Crippen LogP contribution in [-0.4, -0.2) is 12.6 Å². The second-order valence-corrected chi connectivity index (χ2v) is 20.5. The fourth-order valence-corrected chi connectivity index (χ4v) is 8.92. The van der Waals surface area contributed by atoms with Gasteiger partial charge in [0.1, 0.15) is 7.05 Å². The topological polar surface area (TPSA) is 8.81 Å². The van der Waals surface area contributed by atoms with Crippen molar-refractivity contribution < 1.29 is 4.57 Å². The summed E-state index contributed by atoms with van der Waals surface area (Å²) in [5, 5.41) is 12.0. The summed E-state index contributed by atoms with van der Waals surface area (Å²) in [5.41, 5.74) is 9.03. The van der Waals surface area contributed by atoms with Crippen molar-refractivity contribution in [3.63, 3.8) is 0 Å². The standard InChI is InChI=1S/C44H43N2Si/c1-28-32-22-19-31(47(6,7)8)26-39(32)40(44(2,3)4)27-38(28)43-37-20-17-29-25-30(18-21-33(29)34(37)23-24-45(43)5)46-41-15-11-9-13-35(41)36-14-10-12-16-42(36)46/h9-27H,1-8H3/q+1. The molecule has 0 spiro atoms. The van der Waals surface area contributed by atoms with E-state index in [4.69, 9.17) is 0 Å². The van der Waals surface area contributed by atoms with E-state index in [1.165, 1.54) is 87.4 Å². The van der Waals surface area contributed by atoms with Gasteiger partial charge in [-0.05, 0) is 81.4 Å². The number of pyridine rings is 1. The quantitative estimate of drug-likeness (QED) is 0.105. The molecule has 3 heteroatoms. The second kappa shape index (κ2) is 10.4. The molecule has 0 saturated carbocycles. The Morgan fingerprint density at radius 1 is 0.596 bits per heavy atom. The minimum absolute atomic E-state index is 0.0117. The van der Waals surface area contributed by atoms with Crippen LogP contribution in [0.25, 0.3) is 71.1 Å². The first-order chi connectivity index (χ1) is 22.4. The van der Waals surface area contributed by atoms with E-state index in [1.807, 2.05) is 0 Å². The average molecular weight is 628 g/mol. The van der Waals surface area contributed by atoms with Gasteiger partial charge in [0, 0.05) is 27.9 Å².